The molecule has 0 spiro atoms. The van der Waals surface area contributed by atoms with Crippen molar-refractivity contribution in [3.05, 3.63) is 0 Å². The van der Waals surface area contributed by atoms with Crippen LogP contribution in [0.25, 0.3) is 0 Å². The molecule has 0 amide bonds. The van der Waals surface area contributed by atoms with Crippen LogP contribution in [-0.2, 0) is 9.63 Å². The molecular weight excluding hydrogens is 154 g/mol. The summed E-state index contributed by atoms with van der Waals surface area (Å²) in [6.45, 7) is 4.65. The molecule has 0 saturated carbocycles. The van der Waals surface area contributed by atoms with Crippen molar-refractivity contribution in [1.82, 2.24) is 0 Å². The van der Waals surface area contributed by atoms with Gasteiger partial charge < -0.3 is 0 Å². The molecule has 0 radical (unpaired) electrons. The predicted molar refractivity (Wildman–Crippen MR) is 44.0 cm³/mol. The minimum Gasteiger partial charge on any atom is -0.277 e. The molecule has 0 atom stereocenters. The standard InChI is InChI=1S/C9H16NO2/c1-8(11)12-10-5-2-9(3-6-10)4-7-10/h9H,2-7H2,1H3/q+1. The zero-order chi connectivity index (χ0) is 8.60. The van der Waals surface area contributed by atoms with Gasteiger partial charge in [-0.3, -0.25) is 4.84 Å². The van der Waals surface area contributed by atoms with Crippen LogP contribution in [0.4, 0.5) is 0 Å². The Kier molecular flexibility index (Phi) is 1.83. The number of piperidine rings is 3. The maximum Gasteiger partial charge on any atom is 0.363 e. The van der Waals surface area contributed by atoms with Crippen molar-refractivity contribution in [2.75, 3.05) is 19.6 Å². The minimum atomic E-state index is -0.129. The number of carbonyl (C=O) groups is 1. The molecule has 3 heterocycles. The van der Waals surface area contributed by atoms with Gasteiger partial charge in [0.1, 0.15) is 19.6 Å². The van der Waals surface area contributed by atoms with Gasteiger partial charge in [-0.2, -0.15) is 0 Å². The molecular formula is C9H16NO2+. The Labute approximate surface area is 72.8 Å². The zero-order valence-electron chi connectivity index (χ0n) is 7.58. The Balaban J connectivity index is 2.03. The molecule has 12 heavy (non-hydrogen) atoms. The van der Waals surface area contributed by atoms with Gasteiger partial charge in [-0.15, -0.1) is 4.65 Å². The van der Waals surface area contributed by atoms with Crippen molar-refractivity contribution in [3.8, 4) is 0 Å². The quantitative estimate of drug-likeness (QED) is 0.551. The van der Waals surface area contributed by atoms with Crippen LogP contribution in [-0.4, -0.2) is 30.2 Å². The van der Waals surface area contributed by atoms with Crippen LogP contribution in [0.5, 0.6) is 0 Å². The van der Waals surface area contributed by atoms with E-state index >= 15 is 0 Å². The van der Waals surface area contributed by atoms with Gasteiger partial charge in [0.25, 0.3) is 0 Å². The Morgan fingerprint density at radius 3 is 2.17 bits per heavy atom. The van der Waals surface area contributed by atoms with Crippen LogP contribution in [0.2, 0.25) is 0 Å². The summed E-state index contributed by atoms with van der Waals surface area (Å²) < 4.78 is 0.617. The summed E-state index contributed by atoms with van der Waals surface area (Å²) in [5.74, 6) is 0.788. The third-order valence-electron chi connectivity index (χ3n) is 3.16. The predicted octanol–water partition coefficient (Wildman–Crippen LogP) is 1.09. The van der Waals surface area contributed by atoms with E-state index in [0.29, 0.717) is 4.65 Å². The molecule has 3 rings (SSSR count). The molecule has 0 N–H and O–H groups in total. The second-order valence-electron chi connectivity index (χ2n) is 4.04. The van der Waals surface area contributed by atoms with E-state index in [4.69, 9.17) is 4.84 Å². The highest BCUT2D eigenvalue weighted by molar-refractivity contribution is 5.65. The van der Waals surface area contributed by atoms with Crippen LogP contribution in [0.1, 0.15) is 26.2 Å². The summed E-state index contributed by atoms with van der Waals surface area (Å²) in [4.78, 5) is 16.2. The van der Waals surface area contributed by atoms with Gasteiger partial charge in [-0.1, -0.05) is 0 Å². The van der Waals surface area contributed by atoms with Crippen molar-refractivity contribution in [2.45, 2.75) is 26.2 Å². The second-order valence-corrected chi connectivity index (χ2v) is 4.04. The number of rotatable bonds is 1. The molecule has 3 aliphatic heterocycles. The largest absolute Gasteiger partial charge is 0.363 e. The Morgan fingerprint density at radius 1 is 1.25 bits per heavy atom. The fourth-order valence-electron chi connectivity index (χ4n) is 2.43. The summed E-state index contributed by atoms with van der Waals surface area (Å²) in [6, 6.07) is 0. The van der Waals surface area contributed by atoms with E-state index in [9.17, 15) is 4.79 Å². The maximum atomic E-state index is 10.9. The average Bonchev–Trinajstić information content (AvgIpc) is 2.05. The van der Waals surface area contributed by atoms with Gasteiger partial charge in [0.05, 0.1) is 0 Å². The Morgan fingerprint density at radius 2 is 1.75 bits per heavy atom. The molecule has 2 bridgehead atoms. The summed E-state index contributed by atoms with van der Waals surface area (Å²) in [5, 5.41) is 0. The molecule has 3 nitrogen and oxygen atoms in total. The lowest BCUT2D eigenvalue weighted by Crippen LogP contribution is -2.58. The topological polar surface area (TPSA) is 26.3 Å². The normalized spacial score (nSPS) is 39.6. The van der Waals surface area contributed by atoms with E-state index in [1.165, 1.54) is 26.2 Å². The van der Waals surface area contributed by atoms with Gasteiger partial charge in [-0.25, -0.2) is 4.79 Å². The number of hydrogen-bond acceptors (Lipinski definition) is 2. The van der Waals surface area contributed by atoms with E-state index in [1.807, 2.05) is 0 Å². The second kappa shape index (κ2) is 2.73. The number of nitrogens with zero attached hydrogens (tertiary/aromatic N) is 1. The summed E-state index contributed by atoms with van der Waals surface area (Å²) in [5.41, 5.74) is 0. The van der Waals surface area contributed by atoms with Gasteiger partial charge in [0.15, 0.2) is 0 Å². The number of hydrogen-bond donors (Lipinski definition) is 0. The van der Waals surface area contributed by atoms with E-state index in [0.717, 1.165) is 25.6 Å². The van der Waals surface area contributed by atoms with E-state index < -0.39 is 0 Å². The van der Waals surface area contributed by atoms with E-state index in [1.54, 1.807) is 0 Å². The highest BCUT2D eigenvalue weighted by atomic mass is 16.7. The first-order valence-electron chi connectivity index (χ1n) is 4.76. The number of hydroxylamine groups is 3. The van der Waals surface area contributed by atoms with Crippen molar-refractivity contribution in [3.63, 3.8) is 0 Å². The highest BCUT2D eigenvalue weighted by Crippen LogP contribution is 2.33. The third kappa shape index (κ3) is 1.33. The van der Waals surface area contributed by atoms with Crippen LogP contribution < -0.4 is 0 Å². The monoisotopic (exact) mass is 170 g/mol. The molecule has 3 aliphatic rings. The number of quaternary nitrogens is 1. The summed E-state index contributed by atoms with van der Waals surface area (Å²) in [7, 11) is 0. The summed E-state index contributed by atoms with van der Waals surface area (Å²) >= 11 is 0. The molecule has 0 aliphatic carbocycles. The van der Waals surface area contributed by atoms with Gasteiger partial charge in [-0.05, 0) is 5.92 Å². The SMILES string of the molecule is CC(=O)O[N+]12CCC(CC1)CC2. The zero-order valence-corrected chi connectivity index (χ0v) is 7.58. The lowest BCUT2D eigenvalue weighted by molar-refractivity contribution is -1.10. The molecule has 0 aromatic carbocycles. The average molecular weight is 170 g/mol. The highest BCUT2D eigenvalue weighted by Gasteiger charge is 2.43. The van der Waals surface area contributed by atoms with E-state index in [2.05, 4.69) is 0 Å². The van der Waals surface area contributed by atoms with Crippen molar-refractivity contribution < 1.29 is 14.3 Å². The minimum absolute atomic E-state index is 0.129. The van der Waals surface area contributed by atoms with Gasteiger partial charge >= 0.3 is 5.97 Å². The van der Waals surface area contributed by atoms with Gasteiger partial charge in [0, 0.05) is 26.2 Å². The molecule has 68 valence electrons. The number of fused-ring (bicyclic) bond motifs is 3. The van der Waals surface area contributed by atoms with Gasteiger partial charge in [0.2, 0.25) is 0 Å². The first kappa shape index (κ1) is 8.05. The maximum absolute atomic E-state index is 10.9. The van der Waals surface area contributed by atoms with E-state index in [-0.39, 0.29) is 5.97 Å². The molecule has 3 saturated heterocycles. The smallest absolute Gasteiger partial charge is 0.277 e. The lowest BCUT2D eigenvalue weighted by atomic mass is 9.88. The molecule has 3 fully saturated rings. The van der Waals surface area contributed by atoms with Crippen molar-refractivity contribution >= 4 is 5.97 Å². The Bertz CT molecular complexity index is 181. The Hall–Kier alpha value is -0.570. The molecule has 3 heteroatoms. The lowest BCUT2D eigenvalue weighted by Gasteiger charge is -2.44. The third-order valence-corrected chi connectivity index (χ3v) is 3.16. The molecule has 0 aromatic heterocycles. The van der Waals surface area contributed by atoms with Crippen LogP contribution >= 0.6 is 0 Å². The molecule has 0 aromatic rings. The first-order chi connectivity index (χ1) is 5.70. The van der Waals surface area contributed by atoms with Crippen LogP contribution in [0.3, 0.4) is 0 Å². The van der Waals surface area contributed by atoms with Crippen LogP contribution in [0.15, 0.2) is 0 Å². The first-order valence-corrected chi connectivity index (χ1v) is 4.76. The number of carbonyl (C=O) groups excluding carboxylic acids is 1. The van der Waals surface area contributed by atoms with Crippen molar-refractivity contribution in [2.24, 2.45) is 5.92 Å². The van der Waals surface area contributed by atoms with Crippen LogP contribution in [0, 0.1) is 5.92 Å². The fourth-order valence-corrected chi connectivity index (χ4v) is 2.43. The summed E-state index contributed by atoms with van der Waals surface area (Å²) in [6.07, 6.45) is 3.73. The van der Waals surface area contributed by atoms with Crippen molar-refractivity contribution in [1.29, 1.82) is 0 Å². The fraction of sp³-hybridized carbons (Fsp3) is 0.889. The molecule has 0 unspecified atom stereocenters.